The van der Waals surface area contributed by atoms with E-state index in [2.05, 4.69) is 63.8 Å². The minimum atomic E-state index is -0.0127. The summed E-state index contributed by atoms with van der Waals surface area (Å²) in [6.45, 7) is 13.0. The van der Waals surface area contributed by atoms with Gasteiger partial charge in [-0.05, 0) is 12.1 Å². The predicted molar refractivity (Wildman–Crippen MR) is 70.4 cm³/mol. The number of hydrogen-bond acceptors (Lipinski definition) is 2. The predicted octanol–water partition coefficient (Wildman–Crippen LogP) is 3.32. The summed E-state index contributed by atoms with van der Waals surface area (Å²) in [6.07, 6.45) is 0. The lowest BCUT2D eigenvalue weighted by Crippen LogP contribution is -2.18. The van der Waals surface area contributed by atoms with Gasteiger partial charge in [0.25, 0.3) is 0 Å². The molecule has 0 N–H and O–H groups in total. The zero-order valence-electron chi connectivity index (χ0n) is 11.6. The van der Waals surface area contributed by atoms with Crippen LogP contribution >= 0.6 is 0 Å². The highest BCUT2D eigenvalue weighted by Gasteiger charge is 2.23. The Hall–Kier alpha value is -1.38. The van der Waals surface area contributed by atoms with Gasteiger partial charge in [0, 0.05) is 16.5 Å². The third kappa shape index (κ3) is 2.19. The Morgan fingerprint density at radius 3 is 2.12 bits per heavy atom. The molecule has 2 rings (SSSR count). The van der Waals surface area contributed by atoms with Crippen LogP contribution in [0.3, 0.4) is 0 Å². The molecule has 0 spiro atoms. The highest BCUT2D eigenvalue weighted by molar-refractivity contribution is 5.41. The monoisotopic (exact) mass is 231 g/mol. The van der Waals surface area contributed by atoms with Crippen LogP contribution in [-0.2, 0) is 10.8 Å². The molecule has 3 nitrogen and oxygen atoms in total. The average Bonchev–Trinajstić information content (AvgIpc) is 2.57. The van der Waals surface area contributed by atoms with Gasteiger partial charge < -0.3 is 0 Å². The first-order chi connectivity index (χ1) is 7.69. The molecular formula is C14H21N3. The Kier molecular flexibility index (Phi) is 2.53. The van der Waals surface area contributed by atoms with Crippen molar-refractivity contribution in [2.45, 2.75) is 52.4 Å². The second-order valence-corrected chi connectivity index (χ2v) is 6.62. The molecule has 0 atom stereocenters. The number of rotatable bonds is 0. The minimum Gasteiger partial charge on any atom is -0.217 e. The van der Waals surface area contributed by atoms with E-state index < -0.39 is 0 Å². The SMILES string of the molecule is CC(C)(C)c1nc2cccc(C(C)(C)C)n2n1. The van der Waals surface area contributed by atoms with Gasteiger partial charge in [0.05, 0.1) is 0 Å². The lowest BCUT2D eigenvalue weighted by atomic mass is 9.91. The number of nitrogens with zero attached hydrogens (tertiary/aromatic N) is 3. The van der Waals surface area contributed by atoms with Gasteiger partial charge in [0.1, 0.15) is 0 Å². The lowest BCUT2D eigenvalue weighted by Gasteiger charge is -2.19. The van der Waals surface area contributed by atoms with E-state index in [-0.39, 0.29) is 10.8 Å². The summed E-state index contributed by atoms with van der Waals surface area (Å²) in [6, 6.07) is 6.18. The van der Waals surface area contributed by atoms with E-state index in [1.807, 2.05) is 10.6 Å². The van der Waals surface area contributed by atoms with Crippen LogP contribution < -0.4 is 0 Å². The van der Waals surface area contributed by atoms with Gasteiger partial charge in [-0.3, -0.25) is 0 Å². The van der Waals surface area contributed by atoms with Crippen LogP contribution in [0.25, 0.3) is 5.65 Å². The van der Waals surface area contributed by atoms with Gasteiger partial charge in [-0.2, -0.15) is 5.10 Å². The minimum absolute atomic E-state index is 0.0127. The van der Waals surface area contributed by atoms with E-state index in [1.54, 1.807) is 0 Å². The zero-order chi connectivity index (χ0) is 12.8. The van der Waals surface area contributed by atoms with E-state index in [9.17, 15) is 0 Å². The van der Waals surface area contributed by atoms with Crippen molar-refractivity contribution in [3.05, 3.63) is 29.7 Å². The summed E-state index contributed by atoms with van der Waals surface area (Å²) >= 11 is 0. The number of fused-ring (bicyclic) bond motifs is 1. The van der Waals surface area contributed by atoms with E-state index in [0.29, 0.717) is 0 Å². The molecule has 3 heteroatoms. The van der Waals surface area contributed by atoms with Gasteiger partial charge >= 0.3 is 0 Å². The van der Waals surface area contributed by atoms with E-state index in [1.165, 1.54) is 5.69 Å². The largest absolute Gasteiger partial charge is 0.217 e. The molecule has 0 amide bonds. The van der Waals surface area contributed by atoms with Crippen LogP contribution in [0.1, 0.15) is 53.1 Å². The summed E-state index contributed by atoms with van der Waals surface area (Å²) in [5, 5.41) is 4.66. The Morgan fingerprint density at radius 1 is 0.941 bits per heavy atom. The molecule has 0 fully saturated rings. The zero-order valence-corrected chi connectivity index (χ0v) is 11.6. The highest BCUT2D eigenvalue weighted by atomic mass is 15.3. The maximum Gasteiger partial charge on any atom is 0.157 e. The van der Waals surface area contributed by atoms with E-state index >= 15 is 0 Å². The molecule has 0 aliphatic carbocycles. The van der Waals surface area contributed by atoms with Gasteiger partial charge in [-0.15, -0.1) is 0 Å². The van der Waals surface area contributed by atoms with Crippen molar-refractivity contribution in [1.82, 2.24) is 14.6 Å². The quantitative estimate of drug-likeness (QED) is 0.696. The fourth-order valence-corrected chi connectivity index (χ4v) is 1.79. The van der Waals surface area contributed by atoms with E-state index in [0.717, 1.165) is 11.5 Å². The number of aromatic nitrogens is 3. The molecule has 0 aliphatic heterocycles. The smallest absolute Gasteiger partial charge is 0.157 e. The normalized spacial score (nSPS) is 13.3. The molecular weight excluding hydrogens is 210 g/mol. The molecule has 2 aromatic rings. The molecule has 2 aromatic heterocycles. The molecule has 0 bridgehead atoms. The van der Waals surface area contributed by atoms with Gasteiger partial charge in [-0.25, -0.2) is 9.50 Å². The summed E-state index contributed by atoms with van der Waals surface area (Å²) in [7, 11) is 0. The van der Waals surface area contributed by atoms with E-state index in [4.69, 9.17) is 0 Å². The van der Waals surface area contributed by atoms with Crippen molar-refractivity contribution < 1.29 is 0 Å². The van der Waals surface area contributed by atoms with Crippen LogP contribution in [0.4, 0.5) is 0 Å². The number of hydrogen-bond donors (Lipinski definition) is 0. The van der Waals surface area contributed by atoms with Gasteiger partial charge in [-0.1, -0.05) is 47.6 Å². The van der Waals surface area contributed by atoms with Crippen LogP contribution in [-0.4, -0.2) is 14.6 Å². The second-order valence-electron chi connectivity index (χ2n) is 6.62. The lowest BCUT2D eigenvalue weighted by molar-refractivity contribution is 0.524. The standard InChI is InChI=1S/C14H21N3/c1-13(2,3)10-8-7-9-11-15-12(14(4,5)6)16-17(10)11/h7-9H,1-6H3. The van der Waals surface area contributed by atoms with Crippen molar-refractivity contribution in [2.24, 2.45) is 0 Å². The first-order valence-electron chi connectivity index (χ1n) is 6.06. The Balaban J connectivity index is 2.70. The third-order valence-corrected chi connectivity index (χ3v) is 2.80. The maximum absolute atomic E-state index is 4.66. The molecule has 0 unspecified atom stereocenters. The average molecular weight is 231 g/mol. The Bertz CT molecular complexity index is 539. The van der Waals surface area contributed by atoms with Crippen LogP contribution in [0, 0.1) is 0 Å². The van der Waals surface area contributed by atoms with Gasteiger partial charge in [0.15, 0.2) is 11.5 Å². The molecule has 0 saturated carbocycles. The summed E-state index contributed by atoms with van der Waals surface area (Å²) in [5.41, 5.74) is 2.18. The van der Waals surface area contributed by atoms with Crippen molar-refractivity contribution >= 4 is 5.65 Å². The second kappa shape index (κ2) is 3.56. The maximum atomic E-state index is 4.66. The Morgan fingerprint density at radius 2 is 1.59 bits per heavy atom. The van der Waals surface area contributed by atoms with Gasteiger partial charge in [0.2, 0.25) is 0 Å². The van der Waals surface area contributed by atoms with Crippen molar-refractivity contribution in [1.29, 1.82) is 0 Å². The first kappa shape index (κ1) is 12.1. The molecule has 0 saturated heterocycles. The summed E-state index contributed by atoms with van der Waals surface area (Å²) in [5.74, 6) is 0.897. The van der Waals surface area contributed by atoms with Crippen LogP contribution in [0.5, 0.6) is 0 Å². The Labute approximate surface area is 103 Å². The fourth-order valence-electron chi connectivity index (χ4n) is 1.79. The molecule has 0 radical (unpaired) electrons. The molecule has 2 heterocycles. The summed E-state index contributed by atoms with van der Waals surface area (Å²) < 4.78 is 1.97. The molecule has 17 heavy (non-hydrogen) atoms. The molecule has 92 valence electrons. The van der Waals surface area contributed by atoms with Crippen molar-refractivity contribution in [2.75, 3.05) is 0 Å². The van der Waals surface area contributed by atoms with Crippen molar-refractivity contribution in [3.8, 4) is 0 Å². The van der Waals surface area contributed by atoms with Crippen LogP contribution in [0.2, 0.25) is 0 Å². The van der Waals surface area contributed by atoms with Crippen LogP contribution in [0.15, 0.2) is 18.2 Å². The molecule has 0 aromatic carbocycles. The number of pyridine rings is 1. The topological polar surface area (TPSA) is 30.2 Å². The highest BCUT2D eigenvalue weighted by Crippen LogP contribution is 2.24. The van der Waals surface area contributed by atoms with Crippen molar-refractivity contribution in [3.63, 3.8) is 0 Å². The first-order valence-corrected chi connectivity index (χ1v) is 6.06. The summed E-state index contributed by atoms with van der Waals surface area (Å²) in [4.78, 5) is 4.61. The fraction of sp³-hybridized carbons (Fsp3) is 0.571. The molecule has 0 aliphatic rings. The third-order valence-electron chi connectivity index (χ3n) is 2.80.